The number of rotatable bonds is 1. The van der Waals surface area contributed by atoms with E-state index in [4.69, 9.17) is 0 Å². The Bertz CT molecular complexity index is 910. The Morgan fingerprint density at radius 3 is 2.57 bits per heavy atom. The van der Waals surface area contributed by atoms with Crippen molar-refractivity contribution in [2.45, 2.75) is 19.3 Å². The van der Waals surface area contributed by atoms with Gasteiger partial charge in [0.05, 0.1) is 5.69 Å². The fourth-order valence-corrected chi connectivity index (χ4v) is 3.48. The molecule has 0 radical (unpaired) electrons. The summed E-state index contributed by atoms with van der Waals surface area (Å²) in [6, 6.07) is 16.3. The van der Waals surface area contributed by atoms with Gasteiger partial charge >= 0.3 is 0 Å². The maximum atomic E-state index is 12.3. The summed E-state index contributed by atoms with van der Waals surface area (Å²) < 4.78 is 1.82. The van der Waals surface area contributed by atoms with E-state index in [1.165, 1.54) is 0 Å². The highest BCUT2D eigenvalue weighted by atomic mass is 16.1. The second-order valence-electron chi connectivity index (χ2n) is 6.02. The van der Waals surface area contributed by atoms with Crippen LogP contribution in [0.3, 0.4) is 0 Å². The van der Waals surface area contributed by atoms with Crippen LogP contribution in [0, 0.1) is 0 Å². The van der Waals surface area contributed by atoms with Gasteiger partial charge in [0.1, 0.15) is 11.5 Å². The molecule has 1 aromatic heterocycles. The number of hydrogen-bond donors (Lipinski definition) is 0. The molecule has 1 unspecified atom stereocenters. The fourth-order valence-electron chi connectivity index (χ4n) is 3.48. The van der Waals surface area contributed by atoms with Gasteiger partial charge in [0.15, 0.2) is 0 Å². The minimum Gasteiger partial charge on any atom is -0.299 e. The number of aromatic nitrogens is 3. The summed E-state index contributed by atoms with van der Waals surface area (Å²) in [6.07, 6.45) is 0.702. The minimum atomic E-state index is -0.150. The summed E-state index contributed by atoms with van der Waals surface area (Å²) in [5.41, 5.74) is 6.17. The molecule has 4 heteroatoms. The van der Waals surface area contributed by atoms with Crippen LogP contribution in [-0.4, -0.2) is 20.8 Å². The van der Waals surface area contributed by atoms with Crippen LogP contribution in [-0.2, 0) is 18.3 Å². The molecule has 1 aliphatic rings. The number of hydrogen-bond acceptors (Lipinski definition) is 3. The van der Waals surface area contributed by atoms with Gasteiger partial charge in [-0.25, -0.2) is 4.68 Å². The van der Waals surface area contributed by atoms with Gasteiger partial charge in [0.25, 0.3) is 0 Å². The fraction of sp³-hybridized carbons (Fsp3) is 0.211. The van der Waals surface area contributed by atoms with Gasteiger partial charge in [-0.15, -0.1) is 5.10 Å². The topological polar surface area (TPSA) is 47.8 Å². The average Bonchev–Trinajstić information content (AvgIpc) is 2.92. The first-order valence-corrected chi connectivity index (χ1v) is 7.74. The maximum Gasteiger partial charge on any atom is 0.137 e. The standard InChI is InChI=1S/C19H17N3O/c1-12(23)17-11-13-7-3-4-8-14(13)19-18(20-21-22(19)2)16-10-6-5-9-15(16)17/h3-10,17H,11H2,1-2H3. The number of nitrogens with zero attached hydrogens (tertiary/aromatic N) is 3. The molecule has 2 aromatic carbocycles. The van der Waals surface area contributed by atoms with E-state index in [1.54, 1.807) is 6.92 Å². The van der Waals surface area contributed by atoms with Crippen molar-refractivity contribution in [1.29, 1.82) is 0 Å². The normalized spacial score (nSPS) is 15.8. The highest BCUT2D eigenvalue weighted by Gasteiger charge is 2.28. The van der Waals surface area contributed by atoms with E-state index in [-0.39, 0.29) is 11.7 Å². The highest BCUT2D eigenvalue weighted by molar-refractivity contribution is 5.90. The first-order valence-electron chi connectivity index (χ1n) is 7.74. The van der Waals surface area contributed by atoms with Crippen LogP contribution in [0.2, 0.25) is 0 Å². The maximum absolute atomic E-state index is 12.3. The lowest BCUT2D eigenvalue weighted by Crippen LogP contribution is -2.15. The molecule has 0 aliphatic heterocycles. The van der Waals surface area contributed by atoms with Gasteiger partial charge in [-0.05, 0) is 24.5 Å². The van der Waals surface area contributed by atoms with Crippen LogP contribution in [0.15, 0.2) is 48.5 Å². The van der Waals surface area contributed by atoms with Gasteiger partial charge in [-0.2, -0.15) is 0 Å². The van der Waals surface area contributed by atoms with E-state index in [9.17, 15) is 4.79 Å². The van der Waals surface area contributed by atoms with Crippen molar-refractivity contribution in [3.05, 3.63) is 59.7 Å². The first-order chi connectivity index (χ1) is 11.2. The van der Waals surface area contributed by atoms with Crippen LogP contribution >= 0.6 is 0 Å². The van der Waals surface area contributed by atoms with Crippen molar-refractivity contribution in [3.63, 3.8) is 0 Å². The summed E-state index contributed by atoms with van der Waals surface area (Å²) in [4.78, 5) is 12.3. The third kappa shape index (κ3) is 2.10. The van der Waals surface area contributed by atoms with Gasteiger partial charge in [-0.3, -0.25) is 4.79 Å². The van der Waals surface area contributed by atoms with E-state index in [2.05, 4.69) is 22.4 Å². The zero-order chi connectivity index (χ0) is 16.0. The molecular weight excluding hydrogens is 286 g/mol. The Kier molecular flexibility index (Phi) is 3.11. The Balaban J connectivity index is 2.10. The highest BCUT2D eigenvalue weighted by Crippen LogP contribution is 2.40. The van der Waals surface area contributed by atoms with Gasteiger partial charge in [0.2, 0.25) is 0 Å². The first kappa shape index (κ1) is 13.9. The lowest BCUT2D eigenvalue weighted by molar-refractivity contribution is -0.118. The van der Waals surface area contributed by atoms with E-state index in [0.29, 0.717) is 6.42 Å². The second-order valence-corrected chi connectivity index (χ2v) is 6.02. The summed E-state index contributed by atoms with van der Waals surface area (Å²) in [7, 11) is 1.91. The third-order valence-corrected chi connectivity index (χ3v) is 4.61. The van der Waals surface area contributed by atoms with Crippen molar-refractivity contribution in [3.8, 4) is 22.5 Å². The van der Waals surface area contributed by atoms with Crippen molar-refractivity contribution in [1.82, 2.24) is 15.0 Å². The van der Waals surface area contributed by atoms with Crippen LogP contribution < -0.4 is 0 Å². The summed E-state index contributed by atoms with van der Waals surface area (Å²) in [6.45, 7) is 1.67. The van der Waals surface area contributed by atoms with E-state index in [1.807, 2.05) is 48.1 Å². The monoisotopic (exact) mass is 303 g/mol. The molecule has 0 fully saturated rings. The second kappa shape index (κ2) is 5.16. The van der Waals surface area contributed by atoms with Crippen LogP contribution in [0.25, 0.3) is 22.5 Å². The Morgan fingerprint density at radius 1 is 1.09 bits per heavy atom. The molecule has 0 saturated heterocycles. The number of Topliss-reactive ketones (excluding diaryl/α,β-unsaturated/α-hetero) is 1. The molecular formula is C19H17N3O. The molecule has 0 N–H and O–H groups in total. The molecule has 0 saturated carbocycles. The number of carbonyl (C=O) groups excluding carboxylic acids is 1. The Hall–Kier alpha value is -2.75. The van der Waals surface area contributed by atoms with Gasteiger partial charge < -0.3 is 0 Å². The van der Waals surface area contributed by atoms with E-state index in [0.717, 1.165) is 33.6 Å². The summed E-state index contributed by atoms with van der Waals surface area (Å²) >= 11 is 0. The number of carbonyl (C=O) groups is 1. The van der Waals surface area contributed by atoms with Crippen molar-refractivity contribution in [2.75, 3.05) is 0 Å². The number of aryl methyl sites for hydroxylation is 1. The molecule has 4 rings (SSSR count). The SMILES string of the molecule is CC(=O)C1Cc2ccccc2-c2c(nnn2C)-c2ccccc21. The smallest absolute Gasteiger partial charge is 0.137 e. The molecule has 1 aliphatic carbocycles. The Morgan fingerprint density at radius 2 is 1.78 bits per heavy atom. The lowest BCUT2D eigenvalue weighted by Gasteiger charge is -2.23. The molecule has 1 heterocycles. The predicted octanol–water partition coefficient (Wildman–Crippen LogP) is 3.38. The largest absolute Gasteiger partial charge is 0.299 e. The van der Waals surface area contributed by atoms with Crippen LogP contribution in [0.1, 0.15) is 24.0 Å². The zero-order valence-corrected chi connectivity index (χ0v) is 13.2. The van der Waals surface area contributed by atoms with Gasteiger partial charge in [-0.1, -0.05) is 53.7 Å². The Labute approximate surface area is 134 Å². The number of fused-ring (bicyclic) bond motifs is 5. The van der Waals surface area contributed by atoms with Crippen molar-refractivity contribution in [2.24, 2.45) is 7.05 Å². The molecule has 0 spiro atoms. The molecule has 114 valence electrons. The molecule has 1 atom stereocenters. The van der Waals surface area contributed by atoms with Crippen molar-refractivity contribution < 1.29 is 4.79 Å². The molecule has 3 aromatic rings. The molecule has 23 heavy (non-hydrogen) atoms. The quantitative estimate of drug-likeness (QED) is 0.692. The van der Waals surface area contributed by atoms with Gasteiger partial charge in [0, 0.05) is 24.1 Å². The lowest BCUT2D eigenvalue weighted by atomic mass is 9.81. The molecule has 0 bridgehead atoms. The average molecular weight is 303 g/mol. The summed E-state index contributed by atoms with van der Waals surface area (Å²) in [5, 5.41) is 8.62. The third-order valence-electron chi connectivity index (χ3n) is 4.61. The summed E-state index contributed by atoms with van der Waals surface area (Å²) in [5.74, 6) is 0.0297. The minimum absolute atomic E-state index is 0.150. The zero-order valence-electron chi connectivity index (χ0n) is 13.2. The predicted molar refractivity (Wildman–Crippen MR) is 89.0 cm³/mol. The number of benzene rings is 2. The van der Waals surface area contributed by atoms with E-state index < -0.39 is 0 Å². The van der Waals surface area contributed by atoms with E-state index >= 15 is 0 Å². The molecule has 0 amide bonds. The van der Waals surface area contributed by atoms with Crippen LogP contribution in [0.4, 0.5) is 0 Å². The van der Waals surface area contributed by atoms with Crippen LogP contribution in [0.5, 0.6) is 0 Å². The molecule has 4 nitrogen and oxygen atoms in total. The van der Waals surface area contributed by atoms with Crippen molar-refractivity contribution >= 4 is 5.78 Å². The number of ketones is 1.